The van der Waals surface area contributed by atoms with Gasteiger partial charge in [0, 0.05) is 18.0 Å². The van der Waals surface area contributed by atoms with Gasteiger partial charge in [0.2, 0.25) is 0 Å². The van der Waals surface area contributed by atoms with E-state index in [1.54, 1.807) is 6.07 Å². The molecule has 20 heavy (non-hydrogen) atoms. The predicted octanol–water partition coefficient (Wildman–Crippen LogP) is 2.23. The van der Waals surface area contributed by atoms with Gasteiger partial charge >= 0.3 is 0 Å². The molecule has 0 spiro atoms. The molecule has 0 amide bonds. The highest BCUT2D eigenvalue weighted by molar-refractivity contribution is 6.31. The molecule has 7 heteroatoms. The second-order valence-electron chi connectivity index (χ2n) is 4.49. The number of rotatable bonds is 6. The fourth-order valence-electron chi connectivity index (χ4n) is 2.07. The zero-order valence-electron chi connectivity index (χ0n) is 11.2. The molecule has 1 aromatic heterocycles. The quantitative estimate of drug-likeness (QED) is 0.634. The third kappa shape index (κ3) is 3.33. The van der Waals surface area contributed by atoms with Crippen LogP contribution in [0.15, 0.2) is 24.5 Å². The molecule has 0 aliphatic rings. The summed E-state index contributed by atoms with van der Waals surface area (Å²) in [5.41, 5.74) is 3.44. The Morgan fingerprint density at radius 2 is 2.30 bits per heavy atom. The van der Waals surface area contributed by atoms with Crippen molar-refractivity contribution in [3.63, 3.8) is 0 Å². The number of benzene rings is 1. The molecule has 0 aliphatic carbocycles. The largest absolute Gasteiger partial charge is 0.271 e. The minimum Gasteiger partial charge on any atom is -0.271 e. The molecule has 1 atom stereocenters. The maximum atomic E-state index is 13.1. The number of nitrogens with zero attached hydrogens (tertiary/aromatic N) is 3. The molecule has 1 aromatic carbocycles. The molecule has 2 rings (SSSR count). The number of nitrogens with one attached hydrogen (secondary N) is 1. The lowest BCUT2D eigenvalue weighted by molar-refractivity contribution is 0.498. The van der Waals surface area contributed by atoms with E-state index in [1.807, 2.05) is 4.68 Å². The lowest BCUT2D eigenvalue weighted by atomic mass is 10.0. The van der Waals surface area contributed by atoms with Crippen molar-refractivity contribution in [3.05, 3.63) is 46.8 Å². The SMILES string of the molecule is CCCn1ncnc1CC(NN)c1ccc(F)cc1Cl. The highest BCUT2D eigenvalue weighted by Gasteiger charge is 2.17. The molecule has 1 unspecified atom stereocenters. The van der Waals surface area contributed by atoms with Crippen molar-refractivity contribution < 1.29 is 4.39 Å². The third-order valence-electron chi connectivity index (χ3n) is 3.06. The van der Waals surface area contributed by atoms with E-state index in [0.29, 0.717) is 11.4 Å². The normalized spacial score (nSPS) is 12.6. The van der Waals surface area contributed by atoms with E-state index >= 15 is 0 Å². The minimum atomic E-state index is -0.372. The fraction of sp³-hybridized carbons (Fsp3) is 0.385. The molecule has 0 saturated carbocycles. The van der Waals surface area contributed by atoms with Crippen molar-refractivity contribution in [2.24, 2.45) is 5.84 Å². The Labute approximate surface area is 121 Å². The average molecular weight is 298 g/mol. The monoisotopic (exact) mass is 297 g/mol. The minimum absolute atomic E-state index is 0.247. The van der Waals surface area contributed by atoms with Crippen LogP contribution in [0.3, 0.4) is 0 Å². The lowest BCUT2D eigenvalue weighted by Crippen LogP contribution is -2.30. The van der Waals surface area contributed by atoms with Gasteiger partial charge in [0.05, 0.1) is 6.04 Å². The first-order chi connectivity index (χ1) is 9.65. The average Bonchev–Trinajstić information content (AvgIpc) is 2.84. The van der Waals surface area contributed by atoms with Crippen molar-refractivity contribution in [1.29, 1.82) is 0 Å². The zero-order chi connectivity index (χ0) is 14.5. The van der Waals surface area contributed by atoms with Crippen LogP contribution in [0.4, 0.5) is 4.39 Å². The van der Waals surface area contributed by atoms with E-state index in [1.165, 1.54) is 18.5 Å². The van der Waals surface area contributed by atoms with Gasteiger partial charge in [0.1, 0.15) is 18.0 Å². The summed E-state index contributed by atoms with van der Waals surface area (Å²) in [4.78, 5) is 4.23. The van der Waals surface area contributed by atoms with Gasteiger partial charge < -0.3 is 0 Å². The van der Waals surface area contributed by atoms with E-state index in [9.17, 15) is 4.39 Å². The van der Waals surface area contributed by atoms with Gasteiger partial charge in [0.15, 0.2) is 0 Å². The molecule has 1 heterocycles. The summed E-state index contributed by atoms with van der Waals surface area (Å²) in [6, 6.07) is 4.02. The second-order valence-corrected chi connectivity index (χ2v) is 4.90. The smallest absolute Gasteiger partial charge is 0.138 e. The molecule has 0 fully saturated rings. The van der Waals surface area contributed by atoms with Gasteiger partial charge in [-0.05, 0) is 24.1 Å². The van der Waals surface area contributed by atoms with Crippen LogP contribution in [0.5, 0.6) is 0 Å². The summed E-state index contributed by atoms with van der Waals surface area (Å²) >= 11 is 6.07. The van der Waals surface area contributed by atoms with Crippen LogP contribution >= 0.6 is 11.6 Å². The Kier molecular flexibility index (Phi) is 5.05. The Balaban J connectivity index is 2.22. The summed E-state index contributed by atoms with van der Waals surface area (Å²) in [5.74, 6) is 6.04. The van der Waals surface area contributed by atoms with E-state index in [4.69, 9.17) is 17.4 Å². The fourth-order valence-corrected chi connectivity index (χ4v) is 2.37. The summed E-state index contributed by atoms with van der Waals surface area (Å²) in [7, 11) is 0. The summed E-state index contributed by atoms with van der Waals surface area (Å²) < 4.78 is 14.9. The number of nitrogens with two attached hydrogens (primary N) is 1. The van der Waals surface area contributed by atoms with E-state index < -0.39 is 0 Å². The van der Waals surface area contributed by atoms with Crippen LogP contribution < -0.4 is 11.3 Å². The molecule has 108 valence electrons. The van der Waals surface area contributed by atoms with E-state index in [2.05, 4.69) is 22.4 Å². The van der Waals surface area contributed by atoms with Gasteiger partial charge in [-0.15, -0.1) is 0 Å². The highest BCUT2D eigenvalue weighted by atomic mass is 35.5. The molecule has 5 nitrogen and oxygen atoms in total. The molecule has 0 bridgehead atoms. The van der Waals surface area contributed by atoms with Crippen molar-refractivity contribution in [1.82, 2.24) is 20.2 Å². The predicted molar refractivity (Wildman–Crippen MR) is 75.5 cm³/mol. The topological polar surface area (TPSA) is 68.8 Å². The van der Waals surface area contributed by atoms with Gasteiger partial charge in [0.25, 0.3) is 0 Å². The third-order valence-corrected chi connectivity index (χ3v) is 3.38. The van der Waals surface area contributed by atoms with Gasteiger partial charge in [-0.25, -0.2) is 9.37 Å². The lowest BCUT2D eigenvalue weighted by Gasteiger charge is -2.17. The van der Waals surface area contributed by atoms with Crippen LogP contribution in [-0.2, 0) is 13.0 Å². The first kappa shape index (κ1) is 14.9. The number of hydrazine groups is 1. The van der Waals surface area contributed by atoms with E-state index in [-0.39, 0.29) is 11.9 Å². The molecule has 2 aromatic rings. The van der Waals surface area contributed by atoms with Crippen LogP contribution in [0.1, 0.15) is 30.8 Å². The van der Waals surface area contributed by atoms with Gasteiger partial charge in [-0.1, -0.05) is 24.6 Å². The summed E-state index contributed by atoms with van der Waals surface area (Å²) in [6.45, 7) is 2.87. The molecule has 3 N–H and O–H groups in total. The summed E-state index contributed by atoms with van der Waals surface area (Å²) in [5, 5.41) is 4.51. The number of aryl methyl sites for hydroxylation is 1. The maximum Gasteiger partial charge on any atom is 0.138 e. The van der Waals surface area contributed by atoms with Crippen molar-refractivity contribution in [3.8, 4) is 0 Å². The molecule has 0 saturated heterocycles. The molecule has 0 radical (unpaired) electrons. The Bertz CT molecular complexity index is 572. The number of hydrogen-bond donors (Lipinski definition) is 2. The van der Waals surface area contributed by atoms with Gasteiger partial charge in [-0.2, -0.15) is 5.10 Å². The molecular formula is C13H17ClFN5. The van der Waals surface area contributed by atoms with Crippen LogP contribution in [0, 0.1) is 5.82 Å². The van der Waals surface area contributed by atoms with Crippen molar-refractivity contribution in [2.75, 3.05) is 0 Å². The standard InChI is InChI=1S/C13H17ClFN5/c1-2-5-20-13(17-8-18-20)7-12(19-16)10-4-3-9(15)6-11(10)14/h3-4,6,8,12,19H,2,5,7,16H2,1H3. The van der Waals surface area contributed by atoms with Crippen LogP contribution in [0.25, 0.3) is 0 Å². The molecule has 0 aliphatic heterocycles. The maximum absolute atomic E-state index is 13.1. The Hall–Kier alpha value is -1.50. The van der Waals surface area contributed by atoms with Crippen molar-refractivity contribution in [2.45, 2.75) is 32.4 Å². The number of halogens is 2. The van der Waals surface area contributed by atoms with Gasteiger partial charge in [-0.3, -0.25) is 16.0 Å². The first-order valence-corrected chi connectivity index (χ1v) is 6.81. The number of hydrogen-bond acceptors (Lipinski definition) is 4. The van der Waals surface area contributed by atoms with E-state index in [0.717, 1.165) is 24.4 Å². The Morgan fingerprint density at radius 1 is 1.50 bits per heavy atom. The zero-order valence-corrected chi connectivity index (χ0v) is 11.9. The van der Waals surface area contributed by atoms with Crippen LogP contribution in [0.2, 0.25) is 5.02 Å². The second kappa shape index (κ2) is 6.78. The highest BCUT2D eigenvalue weighted by Crippen LogP contribution is 2.25. The molecular weight excluding hydrogens is 281 g/mol. The van der Waals surface area contributed by atoms with Crippen LogP contribution in [-0.4, -0.2) is 14.8 Å². The summed E-state index contributed by atoms with van der Waals surface area (Å²) in [6.07, 6.45) is 3.01. The number of aromatic nitrogens is 3. The Morgan fingerprint density at radius 3 is 2.95 bits per heavy atom. The first-order valence-electron chi connectivity index (χ1n) is 6.43. The van der Waals surface area contributed by atoms with Crippen molar-refractivity contribution >= 4 is 11.6 Å².